The average Bonchev–Trinajstić information content (AvgIpc) is 2.51. The summed E-state index contributed by atoms with van der Waals surface area (Å²) in [6.07, 6.45) is 2.74. The monoisotopic (exact) mass is 171 g/mol. The molecule has 0 radical (unpaired) electrons. The lowest BCUT2D eigenvalue weighted by Crippen LogP contribution is -2.40. The van der Waals surface area contributed by atoms with Crippen molar-refractivity contribution in [2.24, 2.45) is 5.92 Å². The van der Waals surface area contributed by atoms with Crippen molar-refractivity contribution in [1.82, 2.24) is 4.90 Å². The summed E-state index contributed by atoms with van der Waals surface area (Å²) in [5.41, 5.74) is 0. The summed E-state index contributed by atoms with van der Waals surface area (Å²) in [6, 6.07) is 0.637. The third kappa shape index (κ3) is 2.46. The molecule has 0 spiro atoms. The normalized spacial score (nSPS) is 22.0. The fourth-order valence-electron chi connectivity index (χ4n) is 1.96. The van der Waals surface area contributed by atoms with Crippen molar-refractivity contribution in [1.29, 1.82) is 0 Å². The molecule has 0 saturated carbocycles. The molecule has 0 amide bonds. The third-order valence-electron chi connectivity index (χ3n) is 2.72. The van der Waals surface area contributed by atoms with Crippen molar-refractivity contribution in [2.75, 3.05) is 26.8 Å². The Morgan fingerprint density at radius 2 is 1.83 bits per heavy atom. The maximum absolute atomic E-state index is 5.24. The quantitative estimate of drug-likeness (QED) is 0.639. The highest BCUT2D eigenvalue weighted by atomic mass is 16.5. The number of ether oxygens (including phenoxy) is 1. The minimum Gasteiger partial charge on any atom is -0.383 e. The van der Waals surface area contributed by atoms with Gasteiger partial charge in [-0.15, -0.1) is 0 Å². The van der Waals surface area contributed by atoms with Crippen molar-refractivity contribution in [3.63, 3.8) is 0 Å². The zero-order valence-electron chi connectivity index (χ0n) is 8.55. The molecule has 0 unspecified atom stereocenters. The summed E-state index contributed by atoms with van der Waals surface area (Å²) in [7, 11) is 1.80. The highest BCUT2D eigenvalue weighted by Gasteiger charge is 2.23. The smallest absolute Gasteiger partial charge is 0.0620 e. The van der Waals surface area contributed by atoms with E-state index in [1.54, 1.807) is 7.11 Å². The molecule has 1 rings (SSSR count). The molecule has 0 aromatic carbocycles. The second-order valence-electron chi connectivity index (χ2n) is 4.01. The van der Waals surface area contributed by atoms with Crippen LogP contribution in [0.2, 0.25) is 0 Å². The molecule has 0 N–H and O–H groups in total. The van der Waals surface area contributed by atoms with Crippen LogP contribution in [-0.4, -0.2) is 37.7 Å². The van der Waals surface area contributed by atoms with Gasteiger partial charge in [0, 0.05) is 13.2 Å². The Balaban J connectivity index is 2.40. The van der Waals surface area contributed by atoms with Gasteiger partial charge in [-0.1, -0.05) is 13.8 Å². The van der Waals surface area contributed by atoms with Gasteiger partial charge in [-0.05, 0) is 31.8 Å². The first-order valence-corrected chi connectivity index (χ1v) is 4.98. The van der Waals surface area contributed by atoms with E-state index >= 15 is 0 Å². The summed E-state index contributed by atoms with van der Waals surface area (Å²) in [5, 5.41) is 0. The van der Waals surface area contributed by atoms with Crippen LogP contribution in [0.3, 0.4) is 0 Å². The zero-order chi connectivity index (χ0) is 8.97. The molecular formula is C10H21NO. The average molecular weight is 171 g/mol. The standard InChI is InChI=1S/C10H21NO/c1-9(2)10(8-12-3)11-6-4-5-7-11/h9-10H,4-8H2,1-3H3/t10-/m0/s1. The maximum Gasteiger partial charge on any atom is 0.0620 e. The number of hydrogen-bond acceptors (Lipinski definition) is 2. The van der Waals surface area contributed by atoms with Crippen molar-refractivity contribution < 1.29 is 4.74 Å². The predicted molar refractivity (Wildman–Crippen MR) is 51.3 cm³/mol. The van der Waals surface area contributed by atoms with Gasteiger partial charge in [-0.25, -0.2) is 0 Å². The lowest BCUT2D eigenvalue weighted by molar-refractivity contribution is 0.0793. The van der Waals surface area contributed by atoms with Gasteiger partial charge >= 0.3 is 0 Å². The van der Waals surface area contributed by atoms with Crippen LogP contribution in [0, 0.1) is 5.92 Å². The van der Waals surface area contributed by atoms with Crippen molar-refractivity contribution >= 4 is 0 Å². The Kier molecular flexibility index (Phi) is 4.02. The van der Waals surface area contributed by atoms with E-state index in [0.29, 0.717) is 12.0 Å². The number of methoxy groups -OCH3 is 1. The molecular weight excluding hydrogens is 150 g/mol. The van der Waals surface area contributed by atoms with Crippen LogP contribution in [0.25, 0.3) is 0 Å². The summed E-state index contributed by atoms with van der Waals surface area (Å²) in [5.74, 6) is 0.711. The van der Waals surface area contributed by atoms with E-state index in [4.69, 9.17) is 4.74 Å². The lowest BCUT2D eigenvalue weighted by Gasteiger charge is -2.29. The fraction of sp³-hybridized carbons (Fsp3) is 1.00. The minimum atomic E-state index is 0.637. The van der Waals surface area contributed by atoms with Gasteiger partial charge in [-0.3, -0.25) is 4.90 Å². The molecule has 0 bridgehead atoms. The van der Waals surface area contributed by atoms with Crippen LogP contribution in [0.5, 0.6) is 0 Å². The first kappa shape index (κ1) is 10.0. The molecule has 1 saturated heterocycles. The van der Waals surface area contributed by atoms with Gasteiger partial charge in [-0.2, -0.15) is 0 Å². The fourth-order valence-corrected chi connectivity index (χ4v) is 1.96. The molecule has 2 nitrogen and oxygen atoms in total. The first-order valence-electron chi connectivity index (χ1n) is 4.98. The Bertz CT molecular complexity index is 119. The molecule has 72 valence electrons. The first-order chi connectivity index (χ1) is 5.75. The van der Waals surface area contributed by atoms with E-state index in [1.165, 1.54) is 25.9 Å². The van der Waals surface area contributed by atoms with E-state index in [0.717, 1.165) is 6.61 Å². The molecule has 12 heavy (non-hydrogen) atoms. The third-order valence-corrected chi connectivity index (χ3v) is 2.72. The second kappa shape index (κ2) is 4.83. The lowest BCUT2D eigenvalue weighted by atomic mass is 10.0. The number of rotatable bonds is 4. The minimum absolute atomic E-state index is 0.637. The summed E-state index contributed by atoms with van der Waals surface area (Å²) >= 11 is 0. The van der Waals surface area contributed by atoms with Crippen LogP contribution in [0.15, 0.2) is 0 Å². The van der Waals surface area contributed by atoms with Crippen LogP contribution >= 0.6 is 0 Å². The second-order valence-corrected chi connectivity index (χ2v) is 4.01. The summed E-state index contributed by atoms with van der Waals surface area (Å²) < 4.78 is 5.24. The molecule has 1 aliphatic rings. The van der Waals surface area contributed by atoms with Crippen molar-refractivity contribution in [2.45, 2.75) is 32.7 Å². The predicted octanol–water partition coefficient (Wildman–Crippen LogP) is 1.75. The highest BCUT2D eigenvalue weighted by molar-refractivity contribution is 4.78. The van der Waals surface area contributed by atoms with Gasteiger partial charge in [0.15, 0.2) is 0 Å². The van der Waals surface area contributed by atoms with Crippen molar-refractivity contribution in [3.8, 4) is 0 Å². The maximum atomic E-state index is 5.24. The van der Waals surface area contributed by atoms with E-state index < -0.39 is 0 Å². The zero-order valence-corrected chi connectivity index (χ0v) is 8.55. The topological polar surface area (TPSA) is 12.5 Å². The SMILES string of the molecule is COC[C@@H](C(C)C)N1CCCC1. The van der Waals surface area contributed by atoms with Crippen LogP contribution < -0.4 is 0 Å². The number of hydrogen-bond donors (Lipinski definition) is 0. The van der Waals surface area contributed by atoms with Gasteiger partial charge in [0.2, 0.25) is 0 Å². The Morgan fingerprint density at radius 1 is 1.25 bits per heavy atom. The van der Waals surface area contributed by atoms with E-state index in [2.05, 4.69) is 18.7 Å². The number of likely N-dealkylation sites (tertiary alicyclic amines) is 1. The molecule has 2 heteroatoms. The number of nitrogens with zero attached hydrogens (tertiary/aromatic N) is 1. The van der Waals surface area contributed by atoms with Gasteiger partial charge in [0.1, 0.15) is 0 Å². The molecule has 0 aromatic heterocycles. The Morgan fingerprint density at radius 3 is 2.25 bits per heavy atom. The van der Waals surface area contributed by atoms with Crippen LogP contribution in [0.1, 0.15) is 26.7 Å². The van der Waals surface area contributed by atoms with E-state index in [-0.39, 0.29) is 0 Å². The van der Waals surface area contributed by atoms with Crippen molar-refractivity contribution in [3.05, 3.63) is 0 Å². The molecule has 1 atom stereocenters. The van der Waals surface area contributed by atoms with E-state index in [9.17, 15) is 0 Å². The Labute approximate surface area is 75.9 Å². The molecule has 0 aliphatic carbocycles. The van der Waals surface area contributed by atoms with Gasteiger partial charge in [0.05, 0.1) is 6.61 Å². The summed E-state index contributed by atoms with van der Waals surface area (Å²) in [4.78, 5) is 2.56. The van der Waals surface area contributed by atoms with Crippen LogP contribution in [-0.2, 0) is 4.74 Å². The molecule has 1 heterocycles. The van der Waals surface area contributed by atoms with Gasteiger partial charge in [0.25, 0.3) is 0 Å². The highest BCUT2D eigenvalue weighted by Crippen LogP contribution is 2.17. The molecule has 0 aromatic rings. The molecule has 1 aliphatic heterocycles. The van der Waals surface area contributed by atoms with E-state index in [1.807, 2.05) is 0 Å². The van der Waals surface area contributed by atoms with Crippen LogP contribution in [0.4, 0.5) is 0 Å². The summed E-state index contributed by atoms with van der Waals surface area (Å²) in [6.45, 7) is 7.99. The largest absolute Gasteiger partial charge is 0.383 e. The Hall–Kier alpha value is -0.0800. The van der Waals surface area contributed by atoms with Gasteiger partial charge < -0.3 is 4.74 Å². The molecule has 1 fully saturated rings.